The van der Waals surface area contributed by atoms with Crippen LogP contribution in [0.5, 0.6) is 0 Å². The number of aromatic amines is 1. The number of aryl methyl sites for hydroxylation is 1. The van der Waals surface area contributed by atoms with Crippen molar-refractivity contribution in [3.63, 3.8) is 0 Å². The van der Waals surface area contributed by atoms with Crippen molar-refractivity contribution in [2.45, 2.75) is 32.2 Å². The van der Waals surface area contributed by atoms with Gasteiger partial charge in [-0.1, -0.05) is 12.1 Å². The summed E-state index contributed by atoms with van der Waals surface area (Å²) >= 11 is 0. The summed E-state index contributed by atoms with van der Waals surface area (Å²) in [5, 5.41) is 3.38. The minimum atomic E-state index is -0.142. The van der Waals surface area contributed by atoms with E-state index in [1.54, 1.807) is 6.07 Å². The molecule has 0 aliphatic heterocycles. The summed E-state index contributed by atoms with van der Waals surface area (Å²) in [4.78, 5) is 30.7. The second-order valence-corrected chi connectivity index (χ2v) is 5.09. The molecule has 2 rings (SSSR count). The van der Waals surface area contributed by atoms with Crippen LogP contribution in [0.1, 0.15) is 25.6 Å². The molecule has 0 aliphatic rings. The van der Waals surface area contributed by atoms with Crippen molar-refractivity contribution in [3.05, 3.63) is 40.4 Å². The highest BCUT2D eigenvalue weighted by Gasteiger charge is 2.07. The van der Waals surface area contributed by atoms with Gasteiger partial charge < -0.3 is 16.0 Å². The van der Waals surface area contributed by atoms with Gasteiger partial charge in [0, 0.05) is 25.4 Å². The van der Waals surface area contributed by atoms with Gasteiger partial charge in [-0.2, -0.15) is 0 Å². The Bertz CT molecular complexity index is 681. The molecule has 112 valence electrons. The second kappa shape index (κ2) is 6.99. The van der Waals surface area contributed by atoms with Gasteiger partial charge in [0.25, 0.3) is 5.56 Å². The molecule has 0 saturated carbocycles. The number of H-pyrrole nitrogens is 1. The van der Waals surface area contributed by atoms with E-state index < -0.39 is 0 Å². The molecule has 0 aliphatic carbocycles. The molecule has 2 aromatic rings. The van der Waals surface area contributed by atoms with Crippen LogP contribution in [0.4, 0.5) is 0 Å². The maximum absolute atomic E-state index is 11.9. The fourth-order valence-corrected chi connectivity index (χ4v) is 2.08. The van der Waals surface area contributed by atoms with Crippen LogP contribution < -0.4 is 16.6 Å². The first-order valence-corrected chi connectivity index (χ1v) is 7.07. The molecule has 0 saturated heterocycles. The number of hydrogen-bond acceptors (Lipinski definition) is 4. The average Bonchev–Trinajstić information content (AvgIpc) is 2.47. The first kappa shape index (κ1) is 15.2. The number of aromatic nitrogens is 2. The molecular formula is C15H20N4O2. The SMILES string of the molecule is C[C@@H](CN)NC(=O)CCCc1nc2ccccc2c(=O)[nH]1. The van der Waals surface area contributed by atoms with E-state index in [1.165, 1.54) is 0 Å². The van der Waals surface area contributed by atoms with Crippen LogP contribution in [-0.4, -0.2) is 28.5 Å². The first-order chi connectivity index (χ1) is 10.1. The number of amides is 1. The molecule has 4 N–H and O–H groups in total. The molecular weight excluding hydrogens is 268 g/mol. The molecule has 6 heteroatoms. The van der Waals surface area contributed by atoms with Crippen LogP contribution >= 0.6 is 0 Å². The quantitative estimate of drug-likeness (QED) is 0.728. The highest BCUT2D eigenvalue weighted by Crippen LogP contribution is 2.07. The number of carbonyl (C=O) groups is 1. The van der Waals surface area contributed by atoms with Crippen LogP contribution in [0, 0.1) is 0 Å². The minimum absolute atomic E-state index is 0.0175. The standard InChI is InChI=1S/C15H20N4O2/c1-10(9-16)17-14(20)8-4-7-13-18-12-6-3-2-5-11(12)15(21)19-13/h2-3,5-6,10H,4,7-9,16H2,1H3,(H,17,20)(H,18,19,21)/t10-/m0/s1. The molecule has 0 spiro atoms. The van der Waals surface area contributed by atoms with Gasteiger partial charge in [0.15, 0.2) is 0 Å². The average molecular weight is 288 g/mol. The Hall–Kier alpha value is -2.21. The monoisotopic (exact) mass is 288 g/mol. The van der Waals surface area contributed by atoms with Gasteiger partial charge in [0.1, 0.15) is 5.82 Å². The lowest BCUT2D eigenvalue weighted by Crippen LogP contribution is -2.37. The number of benzene rings is 1. The zero-order valence-electron chi connectivity index (χ0n) is 12.1. The molecule has 0 bridgehead atoms. The second-order valence-electron chi connectivity index (χ2n) is 5.09. The molecule has 1 aromatic carbocycles. The Morgan fingerprint density at radius 3 is 2.95 bits per heavy atom. The maximum atomic E-state index is 11.9. The number of fused-ring (bicyclic) bond motifs is 1. The van der Waals surface area contributed by atoms with Crippen LogP contribution in [0.2, 0.25) is 0 Å². The molecule has 0 radical (unpaired) electrons. The Morgan fingerprint density at radius 2 is 2.19 bits per heavy atom. The summed E-state index contributed by atoms with van der Waals surface area (Å²) in [6.07, 6.45) is 1.58. The summed E-state index contributed by atoms with van der Waals surface area (Å²) in [7, 11) is 0. The normalized spacial score (nSPS) is 12.3. The fourth-order valence-electron chi connectivity index (χ4n) is 2.08. The summed E-state index contributed by atoms with van der Waals surface area (Å²) in [5.74, 6) is 0.578. The van der Waals surface area contributed by atoms with Crippen LogP contribution in [0.15, 0.2) is 29.1 Å². The van der Waals surface area contributed by atoms with E-state index in [2.05, 4.69) is 15.3 Å². The third-order valence-corrected chi connectivity index (χ3v) is 3.24. The van der Waals surface area contributed by atoms with Gasteiger partial charge in [-0.25, -0.2) is 4.98 Å². The van der Waals surface area contributed by atoms with Crippen molar-refractivity contribution in [1.82, 2.24) is 15.3 Å². The highest BCUT2D eigenvalue weighted by molar-refractivity contribution is 5.77. The molecule has 1 heterocycles. The van der Waals surface area contributed by atoms with Crippen LogP contribution in [0.25, 0.3) is 10.9 Å². The van der Waals surface area contributed by atoms with Gasteiger partial charge in [-0.3, -0.25) is 9.59 Å². The summed E-state index contributed by atoms with van der Waals surface area (Å²) in [6, 6.07) is 7.19. The zero-order valence-corrected chi connectivity index (χ0v) is 12.1. The number of nitrogens with zero attached hydrogens (tertiary/aromatic N) is 1. The summed E-state index contributed by atoms with van der Waals surface area (Å²) in [6.45, 7) is 2.28. The molecule has 21 heavy (non-hydrogen) atoms. The third-order valence-electron chi connectivity index (χ3n) is 3.24. The topological polar surface area (TPSA) is 101 Å². The van der Waals surface area contributed by atoms with Crippen molar-refractivity contribution in [2.24, 2.45) is 5.73 Å². The lowest BCUT2D eigenvalue weighted by Gasteiger charge is -2.10. The van der Waals surface area contributed by atoms with Crippen molar-refractivity contribution in [3.8, 4) is 0 Å². The lowest BCUT2D eigenvalue weighted by atomic mass is 10.2. The Labute approximate surface area is 122 Å². The number of nitrogens with two attached hydrogens (primary N) is 1. The molecule has 1 aromatic heterocycles. The summed E-state index contributed by atoms with van der Waals surface area (Å²) in [5.41, 5.74) is 5.98. The Balaban J connectivity index is 1.95. The van der Waals surface area contributed by atoms with Crippen LogP contribution in [-0.2, 0) is 11.2 Å². The number of hydrogen-bond donors (Lipinski definition) is 3. The maximum Gasteiger partial charge on any atom is 0.258 e. The lowest BCUT2D eigenvalue weighted by molar-refractivity contribution is -0.121. The predicted molar refractivity (Wildman–Crippen MR) is 82.0 cm³/mol. The number of rotatable bonds is 6. The molecule has 0 fully saturated rings. The van der Waals surface area contributed by atoms with Gasteiger partial charge in [0.05, 0.1) is 10.9 Å². The molecule has 6 nitrogen and oxygen atoms in total. The number of carbonyl (C=O) groups excluding carboxylic acids is 1. The first-order valence-electron chi connectivity index (χ1n) is 7.07. The van der Waals surface area contributed by atoms with E-state index in [1.807, 2.05) is 25.1 Å². The van der Waals surface area contributed by atoms with E-state index in [0.717, 1.165) is 0 Å². The van der Waals surface area contributed by atoms with Crippen molar-refractivity contribution in [2.75, 3.05) is 6.54 Å². The zero-order chi connectivity index (χ0) is 15.2. The van der Waals surface area contributed by atoms with Crippen molar-refractivity contribution in [1.29, 1.82) is 0 Å². The summed E-state index contributed by atoms with van der Waals surface area (Å²) < 4.78 is 0. The van der Waals surface area contributed by atoms with Gasteiger partial charge >= 0.3 is 0 Å². The van der Waals surface area contributed by atoms with E-state index in [0.29, 0.717) is 42.5 Å². The van der Waals surface area contributed by atoms with Crippen LogP contribution in [0.3, 0.4) is 0 Å². The van der Waals surface area contributed by atoms with Gasteiger partial charge in [-0.15, -0.1) is 0 Å². The van der Waals surface area contributed by atoms with E-state index in [4.69, 9.17) is 5.73 Å². The smallest absolute Gasteiger partial charge is 0.258 e. The van der Waals surface area contributed by atoms with Crippen molar-refractivity contribution >= 4 is 16.8 Å². The molecule has 1 amide bonds. The van der Waals surface area contributed by atoms with E-state index in [-0.39, 0.29) is 17.5 Å². The Kier molecular flexibility index (Phi) is 5.05. The predicted octanol–water partition coefficient (Wildman–Crippen LogP) is 0.709. The third kappa shape index (κ3) is 4.13. The number of nitrogens with one attached hydrogen (secondary N) is 2. The molecule has 1 atom stereocenters. The van der Waals surface area contributed by atoms with Gasteiger partial charge in [0.2, 0.25) is 5.91 Å². The number of para-hydroxylation sites is 1. The Morgan fingerprint density at radius 1 is 1.43 bits per heavy atom. The molecule has 0 unspecified atom stereocenters. The van der Waals surface area contributed by atoms with E-state index in [9.17, 15) is 9.59 Å². The minimum Gasteiger partial charge on any atom is -0.352 e. The largest absolute Gasteiger partial charge is 0.352 e. The fraction of sp³-hybridized carbons (Fsp3) is 0.400. The van der Waals surface area contributed by atoms with E-state index >= 15 is 0 Å². The van der Waals surface area contributed by atoms with Crippen molar-refractivity contribution < 1.29 is 4.79 Å². The highest BCUT2D eigenvalue weighted by atomic mass is 16.1. The van der Waals surface area contributed by atoms with Gasteiger partial charge in [-0.05, 0) is 25.5 Å².